The van der Waals surface area contributed by atoms with Gasteiger partial charge in [0.05, 0.1) is 17.3 Å². The maximum Gasteiger partial charge on any atom is 0.355 e. The molecule has 21 heavy (non-hydrogen) atoms. The predicted octanol–water partition coefficient (Wildman–Crippen LogP) is 1.83. The Bertz CT molecular complexity index is 868. The van der Waals surface area contributed by atoms with Crippen LogP contribution in [0, 0.1) is 13.8 Å². The Morgan fingerprint density at radius 2 is 1.81 bits per heavy atom. The molecule has 0 spiro atoms. The van der Waals surface area contributed by atoms with Crippen LogP contribution >= 0.6 is 0 Å². The molecule has 0 saturated carbocycles. The second-order valence-electron chi connectivity index (χ2n) is 4.81. The maximum atomic E-state index is 12.4. The highest BCUT2D eigenvalue weighted by molar-refractivity contribution is 5.87. The number of rotatable bonds is 2. The number of aromatic nitrogens is 4. The smallest absolute Gasteiger partial charge is 0.355 e. The minimum Gasteiger partial charge on any atom is -0.372 e. The summed E-state index contributed by atoms with van der Waals surface area (Å²) in [6.07, 6.45) is 1.65. The first-order valence-corrected chi connectivity index (χ1v) is 6.61. The van der Waals surface area contributed by atoms with E-state index >= 15 is 0 Å². The number of aryl methyl sites for hydroxylation is 2. The van der Waals surface area contributed by atoms with Crippen molar-refractivity contribution >= 4 is 16.9 Å². The van der Waals surface area contributed by atoms with Crippen LogP contribution in [0.3, 0.4) is 0 Å². The summed E-state index contributed by atoms with van der Waals surface area (Å²) >= 11 is 0. The minimum absolute atomic E-state index is 0.379. The van der Waals surface area contributed by atoms with Crippen LogP contribution in [0.25, 0.3) is 16.7 Å². The quantitative estimate of drug-likeness (QED) is 0.776. The van der Waals surface area contributed by atoms with Gasteiger partial charge in [0.25, 0.3) is 0 Å². The molecule has 3 aromatic rings. The summed E-state index contributed by atoms with van der Waals surface area (Å²) in [5, 5.41) is 3.73. The SMILES string of the molecule is CNc1nc(=O)n(-c2ccc(C)nc2)c2nc(C)ccc12. The summed E-state index contributed by atoms with van der Waals surface area (Å²) < 4.78 is 1.48. The topological polar surface area (TPSA) is 72.7 Å². The van der Waals surface area contributed by atoms with Gasteiger partial charge in [0.15, 0.2) is 5.65 Å². The van der Waals surface area contributed by atoms with E-state index in [1.54, 1.807) is 13.2 Å². The lowest BCUT2D eigenvalue weighted by molar-refractivity contribution is 0.927. The number of hydrogen-bond acceptors (Lipinski definition) is 5. The number of fused-ring (bicyclic) bond motifs is 1. The van der Waals surface area contributed by atoms with Gasteiger partial charge in [-0.25, -0.2) is 14.3 Å². The van der Waals surface area contributed by atoms with E-state index in [1.807, 2.05) is 38.1 Å². The monoisotopic (exact) mass is 281 g/mol. The van der Waals surface area contributed by atoms with Crippen molar-refractivity contribution in [3.8, 4) is 5.69 Å². The van der Waals surface area contributed by atoms with Crippen LogP contribution in [-0.2, 0) is 0 Å². The molecule has 0 radical (unpaired) electrons. The third-order valence-corrected chi connectivity index (χ3v) is 3.27. The Kier molecular flexibility index (Phi) is 3.13. The third kappa shape index (κ3) is 2.24. The van der Waals surface area contributed by atoms with Gasteiger partial charge >= 0.3 is 5.69 Å². The van der Waals surface area contributed by atoms with E-state index in [0.29, 0.717) is 17.2 Å². The van der Waals surface area contributed by atoms with Crippen LogP contribution in [0.4, 0.5) is 5.82 Å². The highest BCUT2D eigenvalue weighted by atomic mass is 16.1. The molecule has 6 nitrogen and oxygen atoms in total. The van der Waals surface area contributed by atoms with Crippen LogP contribution in [-0.4, -0.2) is 26.6 Å². The first kappa shape index (κ1) is 13.2. The Labute approximate surface area is 121 Å². The van der Waals surface area contributed by atoms with E-state index in [-0.39, 0.29) is 5.69 Å². The summed E-state index contributed by atoms with van der Waals surface area (Å²) in [6.45, 7) is 3.79. The van der Waals surface area contributed by atoms with Crippen molar-refractivity contribution in [2.75, 3.05) is 12.4 Å². The Morgan fingerprint density at radius 1 is 1.05 bits per heavy atom. The predicted molar refractivity (Wildman–Crippen MR) is 82.0 cm³/mol. The normalized spacial score (nSPS) is 10.8. The van der Waals surface area contributed by atoms with Crippen molar-refractivity contribution in [2.45, 2.75) is 13.8 Å². The number of pyridine rings is 2. The van der Waals surface area contributed by atoms with Gasteiger partial charge in [-0.05, 0) is 38.1 Å². The second kappa shape index (κ2) is 4.97. The lowest BCUT2D eigenvalue weighted by Gasteiger charge is -2.12. The van der Waals surface area contributed by atoms with Gasteiger partial charge in [-0.3, -0.25) is 4.98 Å². The summed E-state index contributed by atoms with van der Waals surface area (Å²) in [7, 11) is 1.73. The molecule has 1 N–H and O–H groups in total. The van der Waals surface area contributed by atoms with Crippen LogP contribution in [0.5, 0.6) is 0 Å². The van der Waals surface area contributed by atoms with Crippen molar-refractivity contribution in [3.63, 3.8) is 0 Å². The average molecular weight is 281 g/mol. The van der Waals surface area contributed by atoms with Gasteiger partial charge in [-0.2, -0.15) is 4.98 Å². The lowest BCUT2D eigenvalue weighted by atomic mass is 10.2. The van der Waals surface area contributed by atoms with E-state index in [2.05, 4.69) is 20.3 Å². The van der Waals surface area contributed by atoms with Gasteiger partial charge in [0.2, 0.25) is 0 Å². The van der Waals surface area contributed by atoms with E-state index in [1.165, 1.54) is 4.57 Å². The molecule has 0 saturated heterocycles. The maximum absolute atomic E-state index is 12.4. The van der Waals surface area contributed by atoms with Gasteiger partial charge < -0.3 is 5.32 Å². The van der Waals surface area contributed by atoms with E-state index in [0.717, 1.165) is 16.8 Å². The lowest BCUT2D eigenvalue weighted by Crippen LogP contribution is -2.24. The van der Waals surface area contributed by atoms with E-state index in [4.69, 9.17) is 0 Å². The van der Waals surface area contributed by atoms with Crippen LogP contribution in [0.2, 0.25) is 0 Å². The zero-order valence-electron chi connectivity index (χ0n) is 12.1. The number of hydrogen-bond donors (Lipinski definition) is 1. The molecule has 3 heterocycles. The molecular formula is C15H15N5O. The second-order valence-corrected chi connectivity index (χ2v) is 4.81. The van der Waals surface area contributed by atoms with Gasteiger partial charge in [0.1, 0.15) is 5.82 Å². The number of anilines is 1. The molecule has 6 heteroatoms. The largest absolute Gasteiger partial charge is 0.372 e. The highest BCUT2D eigenvalue weighted by Gasteiger charge is 2.12. The summed E-state index contributed by atoms with van der Waals surface area (Å²) in [6, 6.07) is 7.50. The molecule has 0 aliphatic heterocycles. The molecule has 0 aliphatic rings. The van der Waals surface area contributed by atoms with Gasteiger partial charge in [-0.1, -0.05) is 0 Å². The summed E-state index contributed by atoms with van der Waals surface area (Å²) in [5.41, 5.74) is 2.58. The van der Waals surface area contributed by atoms with E-state index in [9.17, 15) is 4.79 Å². The number of nitrogens with one attached hydrogen (secondary N) is 1. The van der Waals surface area contributed by atoms with Gasteiger partial charge in [0, 0.05) is 18.4 Å². The fourth-order valence-electron chi connectivity index (χ4n) is 2.21. The van der Waals surface area contributed by atoms with Crippen LogP contribution in [0.15, 0.2) is 35.3 Å². The fourth-order valence-corrected chi connectivity index (χ4v) is 2.21. The molecule has 0 unspecified atom stereocenters. The zero-order valence-corrected chi connectivity index (χ0v) is 12.1. The van der Waals surface area contributed by atoms with E-state index < -0.39 is 0 Å². The summed E-state index contributed by atoms with van der Waals surface area (Å²) in [5.74, 6) is 0.527. The Morgan fingerprint density at radius 3 is 2.48 bits per heavy atom. The Balaban J connectivity index is 2.41. The molecule has 0 fully saturated rings. The van der Waals surface area contributed by atoms with Crippen LogP contribution in [0.1, 0.15) is 11.4 Å². The first-order valence-electron chi connectivity index (χ1n) is 6.61. The molecule has 106 valence electrons. The molecular weight excluding hydrogens is 266 g/mol. The van der Waals surface area contributed by atoms with Crippen molar-refractivity contribution < 1.29 is 0 Å². The van der Waals surface area contributed by atoms with Crippen molar-refractivity contribution in [1.82, 2.24) is 19.5 Å². The van der Waals surface area contributed by atoms with Crippen LogP contribution < -0.4 is 11.0 Å². The van der Waals surface area contributed by atoms with Crippen molar-refractivity contribution in [3.05, 3.63) is 52.3 Å². The summed E-state index contributed by atoms with van der Waals surface area (Å²) in [4.78, 5) is 25.2. The van der Waals surface area contributed by atoms with Crippen molar-refractivity contribution in [2.24, 2.45) is 0 Å². The Hall–Kier alpha value is -2.76. The molecule has 0 bridgehead atoms. The first-order chi connectivity index (χ1) is 10.1. The molecule has 0 amide bonds. The highest BCUT2D eigenvalue weighted by Crippen LogP contribution is 2.20. The molecule has 3 rings (SSSR count). The average Bonchev–Trinajstić information content (AvgIpc) is 2.47. The molecule has 0 atom stereocenters. The fraction of sp³-hybridized carbons (Fsp3) is 0.200. The molecule has 3 aromatic heterocycles. The number of nitrogens with zero attached hydrogens (tertiary/aromatic N) is 4. The molecule has 0 aliphatic carbocycles. The van der Waals surface area contributed by atoms with Crippen molar-refractivity contribution in [1.29, 1.82) is 0 Å². The zero-order chi connectivity index (χ0) is 15.0. The van der Waals surface area contributed by atoms with Gasteiger partial charge in [-0.15, -0.1) is 0 Å². The minimum atomic E-state index is -0.379. The molecule has 0 aromatic carbocycles. The third-order valence-electron chi connectivity index (χ3n) is 3.27. The standard InChI is InChI=1S/C15H15N5O/c1-9-4-6-11(8-17-9)20-14-12(7-5-10(2)18-14)13(16-3)19-15(20)21/h4-8H,1-3H3,(H,16,19,21).